The number of anilines is 2. The van der Waals surface area contributed by atoms with Gasteiger partial charge in [0.1, 0.15) is 6.61 Å². The number of urea groups is 1. The lowest BCUT2D eigenvalue weighted by atomic mass is 9.86. The van der Waals surface area contributed by atoms with E-state index < -0.39 is 11.6 Å². The van der Waals surface area contributed by atoms with Crippen LogP contribution < -0.4 is 15.8 Å². The van der Waals surface area contributed by atoms with Gasteiger partial charge in [-0.25, -0.2) is 14.6 Å². The fourth-order valence-corrected chi connectivity index (χ4v) is 6.02. The fourth-order valence-electron chi connectivity index (χ4n) is 5.90. The Morgan fingerprint density at radius 3 is 2.69 bits per heavy atom. The summed E-state index contributed by atoms with van der Waals surface area (Å²) in [6.07, 6.45) is 0.655. The number of fused-ring (bicyclic) bond motifs is 5. The molecule has 5 heterocycles. The average molecular weight is 543 g/mol. The van der Waals surface area contributed by atoms with Gasteiger partial charge in [0, 0.05) is 28.1 Å². The summed E-state index contributed by atoms with van der Waals surface area (Å²) in [6, 6.07) is 14.5. The molecule has 0 bridgehead atoms. The van der Waals surface area contributed by atoms with Gasteiger partial charge in [0.25, 0.3) is 5.56 Å². The average Bonchev–Trinajstić information content (AvgIpc) is 3.30. The third-order valence-corrected chi connectivity index (χ3v) is 8.23. The molecular weight excluding hydrogens is 520 g/mol. The lowest BCUT2D eigenvalue weighted by molar-refractivity contribution is -0.172. The van der Waals surface area contributed by atoms with Crippen molar-refractivity contribution in [1.29, 1.82) is 0 Å². The molecule has 0 saturated carbocycles. The Morgan fingerprint density at radius 1 is 1.13 bits per heavy atom. The zero-order valence-corrected chi connectivity index (χ0v) is 21.7. The highest BCUT2D eigenvalue weighted by molar-refractivity contribution is 6.30. The summed E-state index contributed by atoms with van der Waals surface area (Å²) in [6.45, 7) is 2.07. The number of carbonyl (C=O) groups is 2. The molecule has 2 amide bonds. The zero-order valence-electron chi connectivity index (χ0n) is 21.0. The molecule has 0 saturated heterocycles. The van der Waals surface area contributed by atoms with Crippen LogP contribution in [0.25, 0.3) is 22.3 Å². The number of cyclic esters (lactones) is 1. The molecule has 0 spiro atoms. The number of benzene rings is 2. The minimum absolute atomic E-state index is 0.0625. The van der Waals surface area contributed by atoms with Crippen LogP contribution in [0.5, 0.6) is 0 Å². The van der Waals surface area contributed by atoms with Crippen LogP contribution in [-0.2, 0) is 34.7 Å². The molecule has 4 aromatic rings. The molecule has 196 valence electrons. The van der Waals surface area contributed by atoms with Crippen LogP contribution in [0.2, 0.25) is 5.02 Å². The van der Waals surface area contributed by atoms with Gasteiger partial charge in [-0.15, -0.1) is 0 Å². The number of esters is 1. The van der Waals surface area contributed by atoms with Gasteiger partial charge in [-0.05, 0) is 48.7 Å². The van der Waals surface area contributed by atoms with E-state index in [2.05, 4.69) is 5.32 Å². The topological polar surface area (TPSA) is 114 Å². The summed E-state index contributed by atoms with van der Waals surface area (Å²) in [7, 11) is 0. The molecule has 3 aliphatic heterocycles. The maximum atomic E-state index is 13.7. The number of rotatable bonds is 4. The predicted octanol–water partition coefficient (Wildman–Crippen LogP) is 4.33. The van der Waals surface area contributed by atoms with Crippen molar-refractivity contribution in [3.63, 3.8) is 0 Å². The van der Waals surface area contributed by atoms with Crippen LogP contribution in [0.4, 0.5) is 16.2 Å². The largest absolute Gasteiger partial charge is 0.458 e. The van der Waals surface area contributed by atoms with E-state index in [0.29, 0.717) is 46.3 Å². The molecule has 0 radical (unpaired) electrons. The SMILES string of the molecule is CC[C@@]1(O)C(=O)OCc2c1cc1n(c2=O)Cc2c-1nc1cccc3c1c2N(CCc1ccc(Cl)cc1)C(=O)N3. The first-order valence-electron chi connectivity index (χ1n) is 12.8. The fraction of sp³-hybridized carbons (Fsp3) is 0.241. The number of amides is 2. The van der Waals surface area contributed by atoms with Gasteiger partial charge in [0.2, 0.25) is 0 Å². The van der Waals surface area contributed by atoms with Crippen molar-refractivity contribution in [3.8, 4) is 11.4 Å². The number of nitrogens with zero attached hydrogens (tertiary/aromatic N) is 3. The maximum absolute atomic E-state index is 13.7. The second-order valence-electron chi connectivity index (χ2n) is 10.0. The Kier molecular flexibility index (Phi) is 5.14. The number of hydrogen-bond acceptors (Lipinski definition) is 6. The third kappa shape index (κ3) is 3.36. The van der Waals surface area contributed by atoms with Gasteiger partial charge in [-0.1, -0.05) is 36.7 Å². The number of hydrogen-bond donors (Lipinski definition) is 2. The molecule has 2 N–H and O–H groups in total. The molecule has 7 rings (SSSR count). The Morgan fingerprint density at radius 2 is 1.92 bits per heavy atom. The molecule has 1 atom stereocenters. The molecule has 39 heavy (non-hydrogen) atoms. The summed E-state index contributed by atoms with van der Waals surface area (Å²) in [5, 5.41) is 15.6. The first kappa shape index (κ1) is 23.9. The molecular formula is C29H23ClN4O5. The normalized spacial score (nSPS) is 18.9. The highest BCUT2D eigenvalue weighted by atomic mass is 35.5. The van der Waals surface area contributed by atoms with Gasteiger partial charge < -0.3 is 19.7 Å². The van der Waals surface area contributed by atoms with Crippen molar-refractivity contribution in [3.05, 3.63) is 86.2 Å². The van der Waals surface area contributed by atoms with Gasteiger partial charge in [-0.2, -0.15) is 0 Å². The van der Waals surface area contributed by atoms with Crippen molar-refractivity contribution >= 4 is 45.9 Å². The van der Waals surface area contributed by atoms with Crippen molar-refractivity contribution in [2.45, 2.75) is 38.5 Å². The zero-order chi connectivity index (χ0) is 27.1. The molecule has 2 aromatic carbocycles. The quantitative estimate of drug-likeness (QED) is 0.327. The van der Waals surface area contributed by atoms with E-state index in [-0.39, 0.29) is 42.3 Å². The number of aliphatic hydroxyl groups is 1. The summed E-state index contributed by atoms with van der Waals surface area (Å²) in [4.78, 5) is 46.2. The predicted molar refractivity (Wildman–Crippen MR) is 146 cm³/mol. The number of ether oxygens (including phenoxy) is 1. The Hall–Kier alpha value is -4.21. The second-order valence-corrected chi connectivity index (χ2v) is 10.5. The molecule has 2 aromatic heterocycles. The van der Waals surface area contributed by atoms with E-state index >= 15 is 0 Å². The monoisotopic (exact) mass is 542 g/mol. The number of aromatic nitrogens is 2. The van der Waals surface area contributed by atoms with Gasteiger partial charge >= 0.3 is 12.0 Å². The number of nitrogens with one attached hydrogen (secondary N) is 1. The minimum Gasteiger partial charge on any atom is -0.458 e. The number of halogens is 1. The molecule has 0 fully saturated rings. The molecule has 0 aliphatic carbocycles. The van der Waals surface area contributed by atoms with Gasteiger partial charge in [0.05, 0.1) is 40.4 Å². The van der Waals surface area contributed by atoms with Crippen LogP contribution in [0.3, 0.4) is 0 Å². The standard InChI is InChI=1S/C29H23ClN4O5/c1-2-29(38)19-12-22-24-17(13-34(22)26(35)18(19)14-39-27(29)36)25-23-20(31-24)4-3-5-21(23)32-28(37)33(25)11-10-15-6-8-16(30)9-7-15/h3-9,12,38H,2,10-11,13-14H2,1H3,(H,32,37)/t29-/m0/s1. The summed E-state index contributed by atoms with van der Waals surface area (Å²) in [5.74, 6) is -0.767. The van der Waals surface area contributed by atoms with Crippen molar-refractivity contribution in [2.75, 3.05) is 16.8 Å². The van der Waals surface area contributed by atoms with Gasteiger partial charge in [0.15, 0.2) is 5.60 Å². The summed E-state index contributed by atoms with van der Waals surface area (Å²) < 4.78 is 6.77. The first-order chi connectivity index (χ1) is 18.8. The van der Waals surface area contributed by atoms with E-state index in [4.69, 9.17) is 21.3 Å². The van der Waals surface area contributed by atoms with Crippen LogP contribution in [0.15, 0.2) is 53.3 Å². The van der Waals surface area contributed by atoms with Gasteiger partial charge in [-0.3, -0.25) is 9.69 Å². The Balaban J connectivity index is 1.42. The van der Waals surface area contributed by atoms with Crippen LogP contribution in [-0.4, -0.2) is 33.2 Å². The first-order valence-corrected chi connectivity index (χ1v) is 13.1. The van der Waals surface area contributed by atoms with E-state index in [9.17, 15) is 19.5 Å². The Bertz CT molecular complexity index is 1800. The van der Waals surface area contributed by atoms with Crippen LogP contribution >= 0.6 is 11.6 Å². The van der Waals surface area contributed by atoms with Crippen molar-refractivity contribution < 1.29 is 19.4 Å². The molecule has 10 heteroatoms. The smallest absolute Gasteiger partial charge is 0.343 e. The third-order valence-electron chi connectivity index (χ3n) is 7.98. The van der Waals surface area contributed by atoms with E-state index in [1.54, 1.807) is 22.5 Å². The molecule has 9 nitrogen and oxygen atoms in total. The summed E-state index contributed by atoms with van der Waals surface area (Å²) in [5.41, 5.74) is 3.13. The van der Waals surface area contributed by atoms with Crippen molar-refractivity contribution in [1.82, 2.24) is 9.55 Å². The maximum Gasteiger partial charge on any atom is 0.343 e. The van der Waals surface area contributed by atoms with Crippen LogP contribution in [0.1, 0.15) is 35.6 Å². The highest BCUT2D eigenvalue weighted by Crippen LogP contribution is 2.46. The van der Waals surface area contributed by atoms with E-state index in [1.165, 1.54) is 0 Å². The molecule has 0 unspecified atom stereocenters. The van der Waals surface area contributed by atoms with Crippen LogP contribution in [0, 0.1) is 0 Å². The Labute approximate surface area is 227 Å². The highest BCUT2D eigenvalue weighted by Gasteiger charge is 2.46. The second kappa shape index (κ2) is 8.39. The van der Waals surface area contributed by atoms with E-state index in [1.807, 2.05) is 42.5 Å². The van der Waals surface area contributed by atoms with E-state index in [0.717, 1.165) is 16.5 Å². The number of carbonyl (C=O) groups excluding carboxylic acids is 2. The van der Waals surface area contributed by atoms with Crippen molar-refractivity contribution in [2.24, 2.45) is 0 Å². The lowest BCUT2D eigenvalue weighted by Gasteiger charge is -2.31. The minimum atomic E-state index is -1.91. The number of pyridine rings is 2. The summed E-state index contributed by atoms with van der Waals surface area (Å²) >= 11 is 6.05. The molecule has 3 aliphatic rings. The lowest BCUT2D eigenvalue weighted by Crippen LogP contribution is -2.44.